The Balaban J connectivity index is 2.80. The maximum atomic E-state index is 12.4. The number of rotatable bonds is 6. The van der Waals surface area contributed by atoms with Crippen LogP contribution in [0.25, 0.3) is 0 Å². The molecular weight excluding hydrogens is 264 g/mol. The number of anilines is 1. The van der Waals surface area contributed by atoms with Gasteiger partial charge in [0.05, 0.1) is 0 Å². The van der Waals surface area contributed by atoms with Gasteiger partial charge in [0, 0.05) is 18.3 Å². The average molecular weight is 290 g/mol. The van der Waals surface area contributed by atoms with Crippen LogP contribution in [0, 0.1) is 0 Å². The summed E-state index contributed by atoms with van der Waals surface area (Å²) in [6.07, 6.45) is 2.88. The highest BCUT2D eigenvalue weighted by Crippen LogP contribution is 2.18. The van der Waals surface area contributed by atoms with E-state index in [0.717, 1.165) is 12.1 Å². The SMILES string of the molecule is C=CCC(N)CCN(C(=O)OC(C)(C)C)c1ccccc1. The fourth-order valence-corrected chi connectivity index (χ4v) is 1.88. The van der Waals surface area contributed by atoms with Gasteiger partial charge in [0.2, 0.25) is 0 Å². The Kier molecular flexibility index (Phi) is 6.43. The molecule has 0 aliphatic rings. The molecule has 21 heavy (non-hydrogen) atoms. The lowest BCUT2D eigenvalue weighted by atomic mass is 10.1. The summed E-state index contributed by atoms with van der Waals surface area (Å²) in [6.45, 7) is 9.78. The van der Waals surface area contributed by atoms with Crippen molar-refractivity contribution in [2.45, 2.75) is 45.3 Å². The van der Waals surface area contributed by atoms with Crippen molar-refractivity contribution in [2.24, 2.45) is 5.73 Å². The Labute approximate surface area is 127 Å². The molecule has 0 spiro atoms. The Morgan fingerprint density at radius 1 is 1.38 bits per heavy atom. The van der Waals surface area contributed by atoms with E-state index in [1.165, 1.54) is 0 Å². The lowest BCUT2D eigenvalue weighted by molar-refractivity contribution is 0.0579. The molecule has 1 amide bonds. The second-order valence-electron chi connectivity index (χ2n) is 6.04. The van der Waals surface area contributed by atoms with Crippen LogP contribution in [0.15, 0.2) is 43.0 Å². The summed E-state index contributed by atoms with van der Waals surface area (Å²) < 4.78 is 5.47. The number of carbonyl (C=O) groups is 1. The number of nitrogens with two attached hydrogens (primary N) is 1. The number of carbonyl (C=O) groups excluding carboxylic acids is 1. The fourth-order valence-electron chi connectivity index (χ4n) is 1.88. The van der Waals surface area contributed by atoms with Crippen LogP contribution in [0.4, 0.5) is 10.5 Å². The Bertz CT molecular complexity index is 452. The summed E-state index contributed by atoms with van der Waals surface area (Å²) in [5.41, 5.74) is 6.28. The van der Waals surface area contributed by atoms with E-state index in [9.17, 15) is 4.79 Å². The number of para-hydroxylation sites is 1. The average Bonchev–Trinajstić information content (AvgIpc) is 2.38. The first-order valence-electron chi connectivity index (χ1n) is 7.25. The van der Waals surface area contributed by atoms with Crippen molar-refractivity contribution in [1.82, 2.24) is 0 Å². The summed E-state index contributed by atoms with van der Waals surface area (Å²) >= 11 is 0. The van der Waals surface area contributed by atoms with Crippen LogP contribution in [-0.2, 0) is 4.74 Å². The zero-order valence-electron chi connectivity index (χ0n) is 13.2. The zero-order valence-corrected chi connectivity index (χ0v) is 13.2. The summed E-state index contributed by atoms with van der Waals surface area (Å²) in [7, 11) is 0. The van der Waals surface area contributed by atoms with Gasteiger partial charge >= 0.3 is 6.09 Å². The molecule has 0 saturated carbocycles. The highest BCUT2D eigenvalue weighted by molar-refractivity contribution is 5.87. The van der Waals surface area contributed by atoms with E-state index >= 15 is 0 Å². The summed E-state index contributed by atoms with van der Waals surface area (Å²) in [5, 5.41) is 0. The highest BCUT2D eigenvalue weighted by Gasteiger charge is 2.23. The largest absolute Gasteiger partial charge is 0.443 e. The van der Waals surface area contributed by atoms with Gasteiger partial charge in [-0.25, -0.2) is 4.79 Å². The van der Waals surface area contributed by atoms with Crippen LogP contribution in [-0.4, -0.2) is 24.3 Å². The third kappa shape index (κ3) is 6.45. The van der Waals surface area contributed by atoms with Gasteiger partial charge in [0.15, 0.2) is 0 Å². The molecule has 0 aliphatic carbocycles. The lowest BCUT2D eigenvalue weighted by Gasteiger charge is -2.28. The molecule has 4 heteroatoms. The maximum absolute atomic E-state index is 12.4. The predicted octanol–water partition coefficient (Wildman–Crippen LogP) is 3.72. The molecular formula is C17H26N2O2. The number of benzene rings is 1. The van der Waals surface area contributed by atoms with E-state index in [2.05, 4.69) is 6.58 Å². The Morgan fingerprint density at radius 3 is 2.52 bits per heavy atom. The predicted molar refractivity (Wildman–Crippen MR) is 87.4 cm³/mol. The van der Waals surface area contributed by atoms with Crippen molar-refractivity contribution in [3.8, 4) is 0 Å². The molecule has 0 fully saturated rings. The molecule has 4 nitrogen and oxygen atoms in total. The van der Waals surface area contributed by atoms with Gasteiger partial charge in [-0.2, -0.15) is 0 Å². The second-order valence-corrected chi connectivity index (χ2v) is 6.04. The van der Waals surface area contributed by atoms with Gasteiger partial charge in [0.1, 0.15) is 5.60 Å². The molecule has 1 aromatic carbocycles. The van der Waals surface area contributed by atoms with E-state index in [-0.39, 0.29) is 12.1 Å². The maximum Gasteiger partial charge on any atom is 0.414 e. The van der Waals surface area contributed by atoms with E-state index in [0.29, 0.717) is 13.0 Å². The topological polar surface area (TPSA) is 55.6 Å². The van der Waals surface area contributed by atoms with Gasteiger partial charge < -0.3 is 10.5 Å². The third-order valence-corrected chi connectivity index (χ3v) is 2.87. The third-order valence-electron chi connectivity index (χ3n) is 2.87. The van der Waals surface area contributed by atoms with E-state index < -0.39 is 5.60 Å². The standard InChI is InChI=1S/C17H26N2O2/c1-5-9-14(18)12-13-19(15-10-7-6-8-11-15)16(20)21-17(2,3)4/h5-8,10-11,14H,1,9,12-13,18H2,2-4H3. The van der Waals surface area contributed by atoms with Gasteiger partial charge in [-0.15, -0.1) is 6.58 Å². The van der Waals surface area contributed by atoms with Crippen LogP contribution in [0.1, 0.15) is 33.6 Å². The first kappa shape index (κ1) is 17.2. The summed E-state index contributed by atoms with van der Waals surface area (Å²) in [5.74, 6) is 0. The molecule has 1 atom stereocenters. The molecule has 0 bridgehead atoms. The minimum atomic E-state index is -0.520. The molecule has 0 saturated heterocycles. The number of ether oxygens (including phenoxy) is 1. The van der Waals surface area contributed by atoms with Crippen molar-refractivity contribution in [3.63, 3.8) is 0 Å². The van der Waals surface area contributed by atoms with Crippen LogP contribution in [0.5, 0.6) is 0 Å². The molecule has 0 aromatic heterocycles. The van der Waals surface area contributed by atoms with E-state index in [1.54, 1.807) is 11.0 Å². The Hall–Kier alpha value is -1.81. The fraction of sp³-hybridized carbons (Fsp3) is 0.471. The van der Waals surface area contributed by atoms with Crippen molar-refractivity contribution in [2.75, 3.05) is 11.4 Å². The monoisotopic (exact) mass is 290 g/mol. The Morgan fingerprint density at radius 2 is 2.00 bits per heavy atom. The van der Waals surface area contributed by atoms with E-state index in [4.69, 9.17) is 10.5 Å². The number of hydrogen-bond acceptors (Lipinski definition) is 3. The lowest BCUT2D eigenvalue weighted by Crippen LogP contribution is -2.39. The minimum absolute atomic E-state index is 0.00357. The van der Waals surface area contributed by atoms with Crippen molar-refractivity contribution >= 4 is 11.8 Å². The first-order valence-corrected chi connectivity index (χ1v) is 7.25. The van der Waals surface area contributed by atoms with Gasteiger partial charge in [-0.3, -0.25) is 4.90 Å². The summed E-state index contributed by atoms with van der Waals surface area (Å²) in [6, 6.07) is 9.50. The van der Waals surface area contributed by atoms with Crippen molar-refractivity contribution < 1.29 is 9.53 Å². The van der Waals surface area contributed by atoms with Gasteiger partial charge in [-0.1, -0.05) is 24.3 Å². The number of nitrogens with zero attached hydrogens (tertiary/aromatic N) is 1. The molecule has 116 valence electrons. The molecule has 1 aromatic rings. The second kappa shape index (κ2) is 7.84. The normalized spacial score (nSPS) is 12.6. The summed E-state index contributed by atoms with van der Waals surface area (Å²) in [4.78, 5) is 14.0. The van der Waals surface area contributed by atoms with Crippen molar-refractivity contribution in [1.29, 1.82) is 0 Å². The number of hydrogen-bond donors (Lipinski definition) is 1. The van der Waals surface area contributed by atoms with Crippen molar-refractivity contribution in [3.05, 3.63) is 43.0 Å². The van der Waals surface area contributed by atoms with E-state index in [1.807, 2.05) is 51.1 Å². The zero-order chi connectivity index (χ0) is 15.9. The van der Waals surface area contributed by atoms with Crippen LogP contribution in [0.2, 0.25) is 0 Å². The first-order chi connectivity index (χ1) is 9.83. The minimum Gasteiger partial charge on any atom is -0.443 e. The molecule has 0 radical (unpaired) electrons. The molecule has 0 heterocycles. The highest BCUT2D eigenvalue weighted by atomic mass is 16.6. The van der Waals surface area contributed by atoms with Gasteiger partial charge in [0.25, 0.3) is 0 Å². The van der Waals surface area contributed by atoms with Crippen LogP contribution >= 0.6 is 0 Å². The smallest absolute Gasteiger partial charge is 0.414 e. The van der Waals surface area contributed by atoms with Gasteiger partial charge in [-0.05, 0) is 45.7 Å². The molecule has 1 unspecified atom stereocenters. The van der Waals surface area contributed by atoms with Crippen LogP contribution < -0.4 is 10.6 Å². The number of amides is 1. The molecule has 1 rings (SSSR count). The molecule has 0 aliphatic heterocycles. The molecule has 2 N–H and O–H groups in total. The van der Waals surface area contributed by atoms with Crippen LogP contribution in [0.3, 0.4) is 0 Å². The quantitative estimate of drug-likeness (QED) is 0.812.